The summed E-state index contributed by atoms with van der Waals surface area (Å²) in [5.74, 6) is -3.32. The highest BCUT2D eigenvalue weighted by Gasteiger charge is 2.38. The van der Waals surface area contributed by atoms with Crippen molar-refractivity contribution in [2.24, 2.45) is 11.3 Å². The molecule has 9 heteroatoms. The SMILES string of the molecule is Cc1cc(CCC[C@@H](C(=O)N[C@H](C(=O)NC(C)c2cccnc2)C(C)(C)C)C(O)C(=O)NO)ccc1-c1ccccc1. The number of rotatable bonds is 12. The molecule has 1 heterocycles. The summed E-state index contributed by atoms with van der Waals surface area (Å²) in [7, 11) is 0. The normalized spacial score (nSPS) is 14.3. The Morgan fingerprint density at radius 1 is 0.929 bits per heavy atom. The van der Waals surface area contributed by atoms with Crippen LogP contribution in [0.5, 0.6) is 0 Å². The first-order valence-electron chi connectivity index (χ1n) is 14.2. The van der Waals surface area contributed by atoms with Gasteiger partial charge in [0, 0.05) is 12.4 Å². The summed E-state index contributed by atoms with van der Waals surface area (Å²) in [5.41, 5.74) is 6.00. The lowest BCUT2D eigenvalue weighted by Gasteiger charge is -2.33. The van der Waals surface area contributed by atoms with Crippen molar-refractivity contribution in [1.29, 1.82) is 0 Å². The summed E-state index contributed by atoms with van der Waals surface area (Å²) in [6.07, 6.45) is 2.76. The lowest BCUT2D eigenvalue weighted by atomic mass is 9.84. The number of hydrogen-bond donors (Lipinski definition) is 5. The molecule has 0 fully saturated rings. The molecular formula is C33H42N4O5. The fraction of sp³-hybridized carbons (Fsp3) is 0.394. The molecule has 5 N–H and O–H groups in total. The van der Waals surface area contributed by atoms with Crippen LogP contribution in [0.4, 0.5) is 0 Å². The molecule has 0 aliphatic rings. The van der Waals surface area contributed by atoms with Crippen molar-refractivity contribution in [3.63, 3.8) is 0 Å². The van der Waals surface area contributed by atoms with E-state index < -0.39 is 41.2 Å². The van der Waals surface area contributed by atoms with E-state index in [1.54, 1.807) is 18.5 Å². The summed E-state index contributed by atoms with van der Waals surface area (Å²) in [4.78, 5) is 43.1. The smallest absolute Gasteiger partial charge is 0.272 e. The topological polar surface area (TPSA) is 141 Å². The van der Waals surface area contributed by atoms with Crippen LogP contribution in [-0.2, 0) is 20.8 Å². The van der Waals surface area contributed by atoms with Crippen molar-refractivity contribution < 1.29 is 24.7 Å². The van der Waals surface area contributed by atoms with Crippen LogP contribution >= 0.6 is 0 Å². The summed E-state index contributed by atoms with van der Waals surface area (Å²) < 4.78 is 0. The molecule has 2 unspecified atom stereocenters. The average Bonchev–Trinajstić information content (AvgIpc) is 2.97. The molecule has 0 saturated heterocycles. The van der Waals surface area contributed by atoms with Gasteiger partial charge in [0.05, 0.1) is 12.0 Å². The molecule has 2 aromatic carbocycles. The van der Waals surface area contributed by atoms with Gasteiger partial charge in [-0.2, -0.15) is 0 Å². The standard InChI is InChI=1S/C33H42N4O5/c1-21-19-23(16-17-26(21)24-12-7-6-8-13-24)11-9-15-27(28(38)31(40)37-42)30(39)36-29(33(3,4)5)32(41)35-22(2)25-14-10-18-34-20-25/h6-8,10,12-14,16-20,22,27-29,38,42H,9,11,15H2,1-5H3,(H,35,41)(H,36,39)(H,37,40)/t22?,27-,28?,29-/m1/s1. The van der Waals surface area contributed by atoms with Gasteiger partial charge < -0.3 is 15.7 Å². The molecule has 0 aliphatic carbocycles. The molecule has 0 radical (unpaired) electrons. The van der Waals surface area contributed by atoms with Crippen molar-refractivity contribution in [2.45, 2.75) is 72.1 Å². The molecule has 3 rings (SSSR count). The van der Waals surface area contributed by atoms with E-state index in [2.05, 4.69) is 39.9 Å². The lowest BCUT2D eigenvalue weighted by molar-refractivity contribution is -0.147. The minimum Gasteiger partial charge on any atom is -0.382 e. The van der Waals surface area contributed by atoms with Gasteiger partial charge in [-0.25, -0.2) is 5.48 Å². The maximum Gasteiger partial charge on any atom is 0.272 e. The van der Waals surface area contributed by atoms with E-state index in [-0.39, 0.29) is 12.5 Å². The van der Waals surface area contributed by atoms with Crippen molar-refractivity contribution in [3.8, 4) is 11.1 Å². The predicted molar refractivity (Wildman–Crippen MR) is 161 cm³/mol. The third kappa shape index (κ3) is 8.71. The van der Waals surface area contributed by atoms with Gasteiger partial charge in [-0.3, -0.25) is 24.6 Å². The van der Waals surface area contributed by atoms with E-state index >= 15 is 0 Å². The van der Waals surface area contributed by atoms with E-state index in [1.165, 1.54) is 5.48 Å². The summed E-state index contributed by atoms with van der Waals surface area (Å²) in [5, 5.41) is 25.5. The number of carbonyl (C=O) groups excluding carboxylic acids is 3. The third-order valence-corrected chi connectivity index (χ3v) is 7.41. The van der Waals surface area contributed by atoms with Crippen molar-refractivity contribution in [1.82, 2.24) is 21.1 Å². The second-order valence-corrected chi connectivity index (χ2v) is 11.8. The molecule has 0 saturated carbocycles. The van der Waals surface area contributed by atoms with Crippen LogP contribution in [0.25, 0.3) is 11.1 Å². The van der Waals surface area contributed by atoms with Crippen LogP contribution in [0.3, 0.4) is 0 Å². The minimum absolute atomic E-state index is 0.157. The number of nitrogens with zero attached hydrogens (tertiary/aromatic N) is 1. The maximum absolute atomic E-state index is 13.5. The first-order valence-corrected chi connectivity index (χ1v) is 14.2. The number of aromatic nitrogens is 1. The molecule has 9 nitrogen and oxygen atoms in total. The number of nitrogens with one attached hydrogen (secondary N) is 3. The Kier molecular flexibility index (Phi) is 11.4. The van der Waals surface area contributed by atoms with Crippen LogP contribution in [0.15, 0.2) is 73.1 Å². The quantitative estimate of drug-likeness (QED) is 0.162. The maximum atomic E-state index is 13.5. The van der Waals surface area contributed by atoms with Gasteiger partial charge in [0.25, 0.3) is 5.91 Å². The molecule has 0 bridgehead atoms. The molecule has 42 heavy (non-hydrogen) atoms. The molecular weight excluding hydrogens is 532 g/mol. The Labute approximate surface area is 247 Å². The number of amides is 3. The zero-order valence-electron chi connectivity index (χ0n) is 24.9. The van der Waals surface area contributed by atoms with E-state index in [0.29, 0.717) is 12.8 Å². The second-order valence-electron chi connectivity index (χ2n) is 11.8. The van der Waals surface area contributed by atoms with Crippen LogP contribution in [0.2, 0.25) is 0 Å². The Balaban J connectivity index is 1.71. The van der Waals surface area contributed by atoms with Gasteiger partial charge in [-0.05, 0) is 72.4 Å². The lowest BCUT2D eigenvalue weighted by Crippen LogP contribution is -2.56. The summed E-state index contributed by atoms with van der Waals surface area (Å²) in [6, 6.07) is 18.6. The highest BCUT2D eigenvalue weighted by Crippen LogP contribution is 2.26. The Morgan fingerprint density at radius 2 is 1.64 bits per heavy atom. The molecule has 224 valence electrons. The summed E-state index contributed by atoms with van der Waals surface area (Å²) in [6.45, 7) is 9.33. The van der Waals surface area contributed by atoms with E-state index in [4.69, 9.17) is 5.21 Å². The highest BCUT2D eigenvalue weighted by atomic mass is 16.5. The molecule has 0 aliphatic heterocycles. The number of aliphatic hydroxyl groups is 1. The van der Waals surface area contributed by atoms with Crippen molar-refractivity contribution >= 4 is 17.7 Å². The van der Waals surface area contributed by atoms with E-state index in [1.807, 2.05) is 65.0 Å². The number of aliphatic hydroxyl groups excluding tert-OH is 1. The molecule has 0 spiro atoms. The first kappa shape index (κ1) is 32.4. The molecule has 1 aromatic heterocycles. The van der Waals surface area contributed by atoms with E-state index in [9.17, 15) is 19.5 Å². The van der Waals surface area contributed by atoms with Crippen molar-refractivity contribution in [3.05, 3.63) is 89.7 Å². The minimum atomic E-state index is -1.80. The number of hydroxylamine groups is 1. The van der Waals surface area contributed by atoms with Gasteiger partial charge >= 0.3 is 0 Å². The molecule has 4 atom stereocenters. The summed E-state index contributed by atoms with van der Waals surface area (Å²) >= 11 is 0. The zero-order valence-corrected chi connectivity index (χ0v) is 24.9. The van der Waals surface area contributed by atoms with Gasteiger partial charge in [-0.1, -0.05) is 75.4 Å². The number of pyridine rings is 1. The fourth-order valence-corrected chi connectivity index (χ4v) is 4.97. The second kappa shape index (κ2) is 14.7. The highest BCUT2D eigenvalue weighted by molar-refractivity contribution is 5.92. The van der Waals surface area contributed by atoms with Gasteiger partial charge in [0.15, 0.2) is 0 Å². The average molecular weight is 575 g/mol. The monoisotopic (exact) mass is 574 g/mol. The van der Waals surface area contributed by atoms with Crippen LogP contribution in [0, 0.1) is 18.3 Å². The van der Waals surface area contributed by atoms with Crippen LogP contribution in [0.1, 0.15) is 63.3 Å². The number of aryl methyl sites for hydroxylation is 2. The number of benzene rings is 2. The third-order valence-electron chi connectivity index (χ3n) is 7.41. The fourth-order valence-electron chi connectivity index (χ4n) is 4.97. The Hall–Kier alpha value is -4.08. The van der Waals surface area contributed by atoms with Gasteiger partial charge in [-0.15, -0.1) is 0 Å². The van der Waals surface area contributed by atoms with Crippen LogP contribution < -0.4 is 16.1 Å². The number of carbonyl (C=O) groups is 3. The van der Waals surface area contributed by atoms with E-state index in [0.717, 1.165) is 27.8 Å². The van der Waals surface area contributed by atoms with Crippen LogP contribution in [-0.4, -0.2) is 45.2 Å². The Morgan fingerprint density at radius 3 is 2.24 bits per heavy atom. The number of hydrogen-bond acceptors (Lipinski definition) is 6. The van der Waals surface area contributed by atoms with Gasteiger partial charge in [0.1, 0.15) is 12.1 Å². The van der Waals surface area contributed by atoms with Crippen molar-refractivity contribution in [2.75, 3.05) is 0 Å². The molecule has 3 amide bonds. The van der Waals surface area contributed by atoms with Gasteiger partial charge in [0.2, 0.25) is 11.8 Å². The Bertz CT molecular complexity index is 1340. The largest absolute Gasteiger partial charge is 0.382 e. The predicted octanol–water partition coefficient (Wildman–Crippen LogP) is 4.27. The first-order chi connectivity index (χ1) is 19.9. The molecule has 3 aromatic rings. The zero-order chi connectivity index (χ0) is 30.9.